The molecule has 0 radical (unpaired) electrons. The third kappa shape index (κ3) is 4.96. The van der Waals surface area contributed by atoms with Gasteiger partial charge in [0.15, 0.2) is 0 Å². The van der Waals surface area contributed by atoms with Gasteiger partial charge in [0.05, 0.1) is 12.2 Å². The SMILES string of the molecule is [NH2+]=C1C=C[NH+](Cc2ccc(/C=C\c3ccc(C[NH+]4C=CC(=[NH2+])c5ccccc54)cc3)cc2)c2ccccc21. The van der Waals surface area contributed by atoms with Crippen molar-refractivity contribution in [3.8, 4) is 0 Å². The Morgan fingerprint density at radius 3 is 1.32 bits per heavy atom. The molecule has 4 aromatic rings. The molecule has 0 saturated heterocycles. The van der Waals surface area contributed by atoms with Crippen LogP contribution in [0.4, 0.5) is 11.4 Å². The maximum absolute atomic E-state index is 6.18. The van der Waals surface area contributed by atoms with Gasteiger partial charge >= 0.3 is 0 Å². The molecule has 2 heterocycles. The summed E-state index contributed by atoms with van der Waals surface area (Å²) in [5.74, 6) is 0. The van der Waals surface area contributed by atoms with Crippen LogP contribution in [-0.2, 0) is 13.1 Å². The summed E-state index contributed by atoms with van der Waals surface area (Å²) in [7, 11) is 0. The van der Waals surface area contributed by atoms with E-state index in [0.717, 1.165) is 35.6 Å². The summed E-state index contributed by atoms with van der Waals surface area (Å²) >= 11 is 0. The number of hydrogen-bond donors (Lipinski definition) is 4. The van der Waals surface area contributed by atoms with E-state index in [1.165, 1.54) is 43.4 Å². The molecule has 184 valence electrons. The first-order valence-corrected chi connectivity index (χ1v) is 13.0. The molecule has 2 aliphatic heterocycles. The van der Waals surface area contributed by atoms with Crippen LogP contribution in [0.15, 0.2) is 122 Å². The number of para-hydroxylation sites is 2. The molecule has 0 saturated carbocycles. The zero-order valence-corrected chi connectivity index (χ0v) is 21.3. The first-order chi connectivity index (χ1) is 18.6. The molecule has 38 heavy (non-hydrogen) atoms. The molecule has 0 aromatic heterocycles. The Morgan fingerprint density at radius 2 is 0.895 bits per heavy atom. The topological polar surface area (TPSA) is 60.1 Å². The van der Waals surface area contributed by atoms with Gasteiger partial charge in [-0.2, -0.15) is 0 Å². The Labute approximate surface area is 223 Å². The number of nitrogens with one attached hydrogen (secondary N) is 2. The summed E-state index contributed by atoms with van der Waals surface area (Å²) in [6, 6.07) is 34.3. The van der Waals surface area contributed by atoms with Crippen molar-refractivity contribution in [1.82, 2.24) is 0 Å². The summed E-state index contributed by atoms with van der Waals surface area (Å²) < 4.78 is 0. The predicted molar refractivity (Wildman–Crippen MR) is 154 cm³/mol. The Bertz CT molecular complexity index is 1470. The van der Waals surface area contributed by atoms with Crippen LogP contribution in [0.2, 0.25) is 0 Å². The second kappa shape index (κ2) is 10.4. The molecular formula is C34H32N4+4. The summed E-state index contributed by atoms with van der Waals surface area (Å²) in [6.07, 6.45) is 12.7. The first-order valence-electron chi connectivity index (χ1n) is 13.0. The monoisotopic (exact) mass is 496 g/mol. The van der Waals surface area contributed by atoms with E-state index in [9.17, 15) is 0 Å². The molecular weight excluding hydrogens is 464 g/mol. The summed E-state index contributed by atoms with van der Waals surface area (Å²) in [5.41, 5.74) is 11.3. The van der Waals surface area contributed by atoms with Crippen LogP contribution in [0, 0.1) is 0 Å². The Kier molecular flexibility index (Phi) is 6.49. The highest BCUT2D eigenvalue weighted by atomic mass is 15.1. The number of hydrogen-bond acceptors (Lipinski definition) is 0. The molecule has 0 aliphatic carbocycles. The van der Waals surface area contributed by atoms with E-state index in [-0.39, 0.29) is 0 Å². The van der Waals surface area contributed by atoms with Gasteiger partial charge in [-0.1, -0.05) is 84.9 Å². The number of nitrogens with two attached hydrogens (primary N) is 2. The number of fused-ring (bicyclic) bond motifs is 2. The van der Waals surface area contributed by atoms with Gasteiger partial charge in [-0.3, -0.25) is 20.6 Å². The summed E-state index contributed by atoms with van der Waals surface area (Å²) in [4.78, 5) is 2.59. The fourth-order valence-corrected chi connectivity index (χ4v) is 5.20. The van der Waals surface area contributed by atoms with Crippen LogP contribution in [0.1, 0.15) is 33.4 Å². The van der Waals surface area contributed by atoms with Gasteiger partial charge in [-0.15, -0.1) is 0 Å². The molecule has 2 aliphatic rings. The molecule has 2 atom stereocenters. The average molecular weight is 497 g/mol. The smallest absolute Gasteiger partial charge is 0.215 e. The lowest BCUT2D eigenvalue weighted by Gasteiger charge is -2.19. The van der Waals surface area contributed by atoms with Crippen LogP contribution in [-0.4, -0.2) is 11.4 Å². The maximum atomic E-state index is 6.18. The molecule has 4 nitrogen and oxygen atoms in total. The van der Waals surface area contributed by atoms with Gasteiger partial charge in [-0.25, -0.2) is 0 Å². The normalized spacial score (nSPS) is 18.0. The predicted octanol–water partition coefficient (Wildman–Crippen LogP) is 1.44. The van der Waals surface area contributed by atoms with Crippen LogP contribution in [0.5, 0.6) is 0 Å². The van der Waals surface area contributed by atoms with Crippen molar-refractivity contribution in [1.29, 1.82) is 0 Å². The molecule has 6 N–H and O–H groups in total. The lowest BCUT2D eigenvalue weighted by molar-refractivity contribution is -0.791. The lowest BCUT2D eigenvalue weighted by Crippen LogP contribution is -3.02. The standard InChI is InChI=1S/C34H28N4/c35-31-19-21-37(33-7-3-1-5-29(31)33)23-27-15-11-25(12-16-27)9-10-26-13-17-28(18-14-26)24-38-22-20-32(36)30-6-2-4-8-34(30)38/h1-22,35-36H,23-24H2/p+4/b10-9-,35-31?,36-32?. The van der Waals surface area contributed by atoms with Gasteiger partial charge in [-0.05, 0) is 23.3 Å². The first kappa shape index (κ1) is 23.7. The average Bonchev–Trinajstić information content (AvgIpc) is 2.97. The van der Waals surface area contributed by atoms with E-state index in [0.29, 0.717) is 0 Å². The highest BCUT2D eigenvalue weighted by Gasteiger charge is 2.25. The number of allylic oxidation sites excluding steroid dienone is 2. The second-order valence-electron chi connectivity index (χ2n) is 9.89. The molecule has 0 fully saturated rings. The fraction of sp³-hybridized carbons (Fsp3) is 0.0588. The van der Waals surface area contributed by atoms with Crippen molar-refractivity contribution >= 4 is 35.0 Å². The van der Waals surface area contributed by atoms with Crippen LogP contribution < -0.4 is 20.6 Å². The highest BCUT2D eigenvalue weighted by Crippen LogP contribution is 2.17. The van der Waals surface area contributed by atoms with Gasteiger partial charge in [0.2, 0.25) is 11.4 Å². The van der Waals surface area contributed by atoms with Crippen molar-refractivity contribution in [2.45, 2.75) is 13.1 Å². The Balaban J connectivity index is 1.09. The fourth-order valence-electron chi connectivity index (χ4n) is 5.20. The number of rotatable bonds is 6. The van der Waals surface area contributed by atoms with Crippen molar-refractivity contribution in [2.24, 2.45) is 0 Å². The van der Waals surface area contributed by atoms with Gasteiger partial charge < -0.3 is 0 Å². The van der Waals surface area contributed by atoms with E-state index < -0.39 is 0 Å². The van der Waals surface area contributed by atoms with Gasteiger partial charge in [0.25, 0.3) is 0 Å². The number of quaternary nitrogens is 2. The zero-order chi connectivity index (χ0) is 25.9. The van der Waals surface area contributed by atoms with Crippen molar-refractivity contribution in [2.75, 3.05) is 0 Å². The highest BCUT2D eigenvalue weighted by molar-refractivity contribution is 6.08. The third-order valence-electron chi connectivity index (χ3n) is 7.31. The second-order valence-corrected chi connectivity index (χ2v) is 9.89. The minimum atomic E-state index is 0.830. The van der Waals surface area contributed by atoms with E-state index >= 15 is 0 Å². The Hall–Kier alpha value is -4.64. The van der Waals surface area contributed by atoms with E-state index in [2.05, 4.69) is 109 Å². The minimum absolute atomic E-state index is 0.830. The van der Waals surface area contributed by atoms with Crippen LogP contribution >= 0.6 is 0 Å². The lowest BCUT2D eigenvalue weighted by atomic mass is 10.0. The summed E-state index contributed by atoms with van der Waals surface area (Å²) in [6.45, 7) is 1.77. The summed E-state index contributed by atoms with van der Waals surface area (Å²) in [5, 5.41) is 12.4. The number of benzene rings is 4. The van der Waals surface area contributed by atoms with Crippen LogP contribution in [0.25, 0.3) is 12.2 Å². The zero-order valence-electron chi connectivity index (χ0n) is 21.3. The quantitative estimate of drug-likeness (QED) is 0.292. The van der Waals surface area contributed by atoms with Crippen molar-refractivity contribution in [3.05, 3.63) is 155 Å². The van der Waals surface area contributed by atoms with Gasteiger partial charge in [0.1, 0.15) is 48.0 Å². The Morgan fingerprint density at radius 1 is 0.500 bits per heavy atom. The minimum Gasteiger partial charge on any atom is -0.272 e. The molecule has 0 amide bonds. The van der Waals surface area contributed by atoms with E-state index in [4.69, 9.17) is 10.8 Å². The van der Waals surface area contributed by atoms with Gasteiger partial charge in [0, 0.05) is 23.3 Å². The van der Waals surface area contributed by atoms with Crippen molar-refractivity contribution < 1.29 is 20.6 Å². The molecule has 2 unspecified atom stereocenters. The molecule has 4 heteroatoms. The van der Waals surface area contributed by atoms with E-state index in [1.54, 1.807) is 0 Å². The van der Waals surface area contributed by atoms with E-state index in [1.807, 2.05) is 24.3 Å². The molecule has 6 rings (SSSR count). The molecule has 4 aromatic carbocycles. The van der Waals surface area contributed by atoms with Crippen LogP contribution in [0.3, 0.4) is 0 Å². The largest absolute Gasteiger partial charge is 0.272 e. The van der Waals surface area contributed by atoms with Crippen molar-refractivity contribution in [3.63, 3.8) is 0 Å². The molecule has 0 spiro atoms. The molecule has 0 bridgehead atoms. The third-order valence-corrected chi connectivity index (χ3v) is 7.31. The maximum Gasteiger partial charge on any atom is 0.215 e.